The van der Waals surface area contributed by atoms with Gasteiger partial charge in [0.2, 0.25) is 0 Å². The zero-order valence-electron chi connectivity index (χ0n) is 7.60. The third-order valence-electron chi connectivity index (χ3n) is 2.28. The van der Waals surface area contributed by atoms with E-state index in [1.165, 1.54) is 6.07 Å². The Balaban J connectivity index is 2.35. The minimum Gasteiger partial charge on any atom is -0.383 e. The lowest BCUT2D eigenvalue weighted by atomic mass is 10.2. The molecule has 0 bridgehead atoms. The Kier molecular flexibility index (Phi) is 2.08. The summed E-state index contributed by atoms with van der Waals surface area (Å²) in [5.41, 5.74) is 1.47. The Morgan fingerprint density at radius 2 is 2.08 bits per heavy atom. The highest BCUT2D eigenvalue weighted by Gasteiger charge is 2.13. The van der Waals surface area contributed by atoms with Crippen molar-refractivity contribution < 1.29 is 4.39 Å². The van der Waals surface area contributed by atoms with Gasteiger partial charge in [-0.2, -0.15) is 0 Å². The van der Waals surface area contributed by atoms with Crippen LogP contribution in [0.15, 0.2) is 18.2 Å². The first-order valence-electron chi connectivity index (χ1n) is 4.53. The van der Waals surface area contributed by atoms with E-state index in [9.17, 15) is 4.39 Å². The molecule has 2 N–H and O–H groups in total. The van der Waals surface area contributed by atoms with Gasteiger partial charge < -0.3 is 10.6 Å². The fraction of sp³-hybridized carbons (Fsp3) is 0.400. The first-order chi connectivity index (χ1) is 6.27. The number of para-hydroxylation sites is 1. The lowest BCUT2D eigenvalue weighted by molar-refractivity contribution is 0.625. The highest BCUT2D eigenvalue weighted by molar-refractivity contribution is 5.70. The van der Waals surface area contributed by atoms with Gasteiger partial charge in [0.25, 0.3) is 0 Å². The van der Waals surface area contributed by atoms with Crippen molar-refractivity contribution in [1.29, 1.82) is 0 Å². The average molecular weight is 180 g/mol. The summed E-state index contributed by atoms with van der Waals surface area (Å²) in [7, 11) is 0. The van der Waals surface area contributed by atoms with E-state index in [2.05, 4.69) is 17.6 Å². The minimum atomic E-state index is -0.181. The van der Waals surface area contributed by atoms with Gasteiger partial charge in [-0.15, -0.1) is 0 Å². The van der Waals surface area contributed by atoms with Crippen molar-refractivity contribution in [2.75, 3.05) is 23.7 Å². The smallest absolute Gasteiger partial charge is 0.148 e. The number of hydrogen-bond acceptors (Lipinski definition) is 2. The molecule has 13 heavy (non-hydrogen) atoms. The van der Waals surface area contributed by atoms with Crippen LogP contribution in [0.3, 0.4) is 0 Å². The zero-order chi connectivity index (χ0) is 9.26. The van der Waals surface area contributed by atoms with Crippen molar-refractivity contribution in [2.24, 2.45) is 5.92 Å². The van der Waals surface area contributed by atoms with Crippen molar-refractivity contribution in [3.8, 4) is 0 Å². The van der Waals surface area contributed by atoms with Crippen LogP contribution in [0.25, 0.3) is 0 Å². The molecule has 1 heterocycles. The second kappa shape index (κ2) is 3.24. The molecule has 0 radical (unpaired) electrons. The quantitative estimate of drug-likeness (QED) is 0.640. The summed E-state index contributed by atoms with van der Waals surface area (Å²) in [6, 6.07) is 5.09. The standard InChI is InChI=1S/C10H13FN2/c1-7-5-12-9-4-2-3-8(11)10(9)13-6-7/h2-4,7,12-13H,5-6H2,1H3. The summed E-state index contributed by atoms with van der Waals surface area (Å²) in [5.74, 6) is 0.339. The predicted octanol–water partition coefficient (Wildman–Crippen LogP) is 2.30. The molecule has 1 unspecified atom stereocenters. The number of benzene rings is 1. The summed E-state index contributed by atoms with van der Waals surface area (Å²) in [5, 5.41) is 6.32. The van der Waals surface area contributed by atoms with Crippen LogP contribution in [0.1, 0.15) is 6.92 Å². The Hall–Kier alpha value is -1.25. The third-order valence-corrected chi connectivity index (χ3v) is 2.28. The highest BCUT2D eigenvalue weighted by Crippen LogP contribution is 2.27. The van der Waals surface area contributed by atoms with Crippen LogP contribution in [0.2, 0.25) is 0 Å². The molecule has 0 saturated heterocycles. The average Bonchev–Trinajstić information content (AvgIpc) is 2.30. The van der Waals surface area contributed by atoms with Crippen LogP contribution < -0.4 is 10.6 Å². The van der Waals surface area contributed by atoms with Gasteiger partial charge in [-0.25, -0.2) is 4.39 Å². The Labute approximate surface area is 77.2 Å². The van der Waals surface area contributed by atoms with Gasteiger partial charge in [-0.1, -0.05) is 13.0 Å². The molecule has 1 aromatic rings. The predicted molar refractivity (Wildman–Crippen MR) is 52.5 cm³/mol. The van der Waals surface area contributed by atoms with E-state index in [-0.39, 0.29) is 5.82 Å². The molecular weight excluding hydrogens is 167 g/mol. The fourth-order valence-corrected chi connectivity index (χ4v) is 1.48. The van der Waals surface area contributed by atoms with E-state index < -0.39 is 0 Å². The number of nitrogens with one attached hydrogen (secondary N) is 2. The molecule has 0 aromatic heterocycles. The Bertz CT molecular complexity index is 312. The topological polar surface area (TPSA) is 24.1 Å². The summed E-state index contributed by atoms with van der Waals surface area (Å²) in [6.45, 7) is 3.84. The molecule has 0 amide bonds. The van der Waals surface area contributed by atoms with Crippen LogP contribution in [0.5, 0.6) is 0 Å². The molecule has 0 fully saturated rings. The molecule has 0 saturated carbocycles. The van der Waals surface area contributed by atoms with E-state index in [0.29, 0.717) is 11.6 Å². The number of fused-ring (bicyclic) bond motifs is 1. The van der Waals surface area contributed by atoms with Crippen LogP contribution in [0.4, 0.5) is 15.8 Å². The van der Waals surface area contributed by atoms with Gasteiger partial charge in [0.15, 0.2) is 0 Å². The Morgan fingerprint density at radius 1 is 1.31 bits per heavy atom. The van der Waals surface area contributed by atoms with Gasteiger partial charge in [-0.05, 0) is 18.1 Å². The molecule has 1 atom stereocenters. The maximum atomic E-state index is 13.3. The zero-order valence-corrected chi connectivity index (χ0v) is 7.60. The summed E-state index contributed by atoms with van der Waals surface area (Å²) < 4.78 is 13.3. The molecular formula is C10H13FN2. The van der Waals surface area contributed by atoms with Gasteiger partial charge in [0, 0.05) is 13.1 Å². The van der Waals surface area contributed by atoms with Crippen LogP contribution in [0, 0.1) is 11.7 Å². The van der Waals surface area contributed by atoms with E-state index >= 15 is 0 Å². The maximum absolute atomic E-state index is 13.3. The maximum Gasteiger partial charge on any atom is 0.148 e. The van der Waals surface area contributed by atoms with Crippen molar-refractivity contribution >= 4 is 11.4 Å². The largest absolute Gasteiger partial charge is 0.383 e. The number of anilines is 2. The molecule has 1 aliphatic heterocycles. The SMILES string of the molecule is CC1CNc2cccc(F)c2NC1. The molecule has 0 spiro atoms. The summed E-state index contributed by atoms with van der Waals surface area (Å²) in [6.07, 6.45) is 0. The molecule has 1 aromatic carbocycles. The highest BCUT2D eigenvalue weighted by atomic mass is 19.1. The second-order valence-corrected chi connectivity index (χ2v) is 3.53. The lowest BCUT2D eigenvalue weighted by Gasteiger charge is -2.08. The monoisotopic (exact) mass is 180 g/mol. The van der Waals surface area contributed by atoms with Gasteiger partial charge in [0.1, 0.15) is 5.82 Å². The van der Waals surface area contributed by atoms with Gasteiger partial charge in [0.05, 0.1) is 11.4 Å². The third kappa shape index (κ3) is 1.59. The minimum absolute atomic E-state index is 0.181. The second-order valence-electron chi connectivity index (χ2n) is 3.53. The van der Waals surface area contributed by atoms with Crippen molar-refractivity contribution in [3.05, 3.63) is 24.0 Å². The molecule has 70 valence electrons. The van der Waals surface area contributed by atoms with Gasteiger partial charge >= 0.3 is 0 Å². The number of hydrogen-bond donors (Lipinski definition) is 2. The van der Waals surface area contributed by atoms with Gasteiger partial charge in [-0.3, -0.25) is 0 Å². The number of halogens is 1. The molecule has 3 heteroatoms. The fourth-order valence-electron chi connectivity index (χ4n) is 1.48. The van der Waals surface area contributed by atoms with Crippen LogP contribution in [-0.2, 0) is 0 Å². The lowest BCUT2D eigenvalue weighted by Crippen LogP contribution is -2.14. The van der Waals surface area contributed by atoms with Crippen LogP contribution >= 0.6 is 0 Å². The van der Waals surface area contributed by atoms with E-state index in [1.54, 1.807) is 6.07 Å². The molecule has 1 aliphatic rings. The first kappa shape index (κ1) is 8.35. The molecule has 2 rings (SSSR count). The normalized spacial score (nSPS) is 20.9. The van der Waals surface area contributed by atoms with Crippen molar-refractivity contribution in [2.45, 2.75) is 6.92 Å². The van der Waals surface area contributed by atoms with E-state index in [4.69, 9.17) is 0 Å². The van der Waals surface area contributed by atoms with E-state index in [1.807, 2.05) is 6.07 Å². The van der Waals surface area contributed by atoms with Crippen molar-refractivity contribution in [3.63, 3.8) is 0 Å². The van der Waals surface area contributed by atoms with Crippen molar-refractivity contribution in [1.82, 2.24) is 0 Å². The molecule has 2 nitrogen and oxygen atoms in total. The summed E-state index contributed by atoms with van der Waals surface area (Å²) >= 11 is 0. The van der Waals surface area contributed by atoms with E-state index in [0.717, 1.165) is 18.8 Å². The van der Waals surface area contributed by atoms with Crippen LogP contribution in [-0.4, -0.2) is 13.1 Å². The first-order valence-corrected chi connectivity index (χ1v) is 4.53. The Morgan fingerprint density at radius 3 is 2.92 bits per heavy atom. The molecule has 0 aliphatic carbocycles. The summed E-state index contributed by atoms with van der Waals surface area (Å²) in [4.78, 5) is 0. The number of rotatable bonds is 0.